The molecule has 1 nitrogen and oxygen atoms in total. The van der Waals surface area contributed by atoms with Crippen LogP contribution in [-0.2, 0) is 12.8 Å². The Morgan fingerprint density at radius 1 is 0.952 bits per heavy atom. The van der Waals surface area contributed by atoms with Gasteiger partial charge in [0.25, 0.3) is 0 Å². The molecule has 1 atom stereocenters. The van der Waals surface area contributed by atoms with E-state index in [9.17, 15) is 0 Å². The van der Waals surface area contributed by atoms with Crippen molar-refractivity contribution >= 4 is 0 Å². The zero-order chi connectivity index (χ0) is 14.3. The highest BCUT2D eigenvalue weighted by Crippen LogP contribution is 2.50. The third-order valence-electron chi connectivity index (χ3n) is 5.57. The Morgan fingerprint density at radius 3 is 2.29 bits per heavy atom. The van der Waals surface area contributed by atoms with Gasteiger partial charge in [-0.05, 0) is 54.8 Å². The topological polar surface area (TPSA) is 12.0 Å². The molecule has 0 aromatic heterocycles. The maximum absolute atomic E-state index is 3.63. The molecule has 1 aliphatic heterocycles. The van der Waals surface area contributed by atoms with Gasteiger partial charge >= 0.3 is 0 Å². The SMILES string of the molecule is Cc1ccc(C2CNCCC23Cc2ccccc2C3)cc1. The third kappa shape index (κ3) is 2.20. The number of benzene rings is 2. The third-order valence-corrected chi connectivity index (χ3v) is 5.57. The maximum atomic E-state index is 3.63. The van der Waals surface area contributed by atoms with Gasteiger partial charge in [0.2, 0.25) is 0 Å². The molecule has 1 spiro atoms. The van der Waals surface area contributed by atoms with Crippen LogP contribution in [0, 0.1) is 12.3 Å². The van der Waals surface area contributed by atoms with Gasteiger partial charge < -0.3 is 5.32 Å². The van der Waals surface area contributed by atoms with Gasteiger partial charge in [0, 0.05) is 12.5 Å². The summed E-state index contributed by atoms with van der Waals surface area (Å²) in [5.41, 5.74) is 6.46. The predicted molar refractivity (Wildman–Crippen MR) is 87.7 cm³/mol. The molecule has 1 aliphatic carbocycles. The minimum Gasteiger partial charge on any atom is -0.316 e. The molecule has 1 saturated heterocycles. The quantitative estimate of drug-likeness (QED) is 0.834. The van der Waals surface area contributed by atoms with Crippen molar-refractivity contribution in [3.05, 3.63) is 70.8 Å². The number of nitrogens with one attached hydrogen (secondary N) is 1. The van der Waals surface area contributed by atoms with Crippen LogP contribution in [0.5, 0.6) is 0 Å². The first-order valence-corrected chi connectivity index (χ1v) is 8.11. The van der Waals surface area contributed by atoms with Gasteiger partial charge in [-0.1, -0.05) is 54.1 Å². The van der Waals surface area contributed by atoms with E-state index < -0.39 is 0 Å². The zero-order valence-electron chi connectivity index (χ0n) is 12.7. The van der Waals surface area contributed by atoms with Crippen LogP contribution in [0.15, 0.2) is 48.5 Å². The van der Waals surface area contributed by atoms with Crippen molar-refractivity contribution in [2.24, 2.45) is 5.41 Å². The van der Waals surface area contributed by atoms with Gasteiger partial charge in [-0.2, -0.15) is 0 Å². The van der Waals surface area contributed by atoms with Crippen LogP contribution in [0.25, 0.3) is 0 Å². The Kier molecular flexibility index (Phi) is 3.11. The Morgan fingerprint density at radius 2 is 1.62 bits per heavy atom. The van der Waals surface area contributed by atoms with E-state index in [4.69, 9.17) is 0 Å². The fourth-order valence-corrected chi connectivity index (χ4v) is 4.39. The second-order valence-electron chi connectivity index (χ2n) is 6.90. The molecular formula is C20H23N. The Balaban J connectivity index is 1.71. The zero-order valence-corrected chi connectivity index (χ0v) is 12.7. The van der Waals surface area contributed by atoms with E-state index in [2.05, 4.69) is 60.8 Å². The smallest absolute Gasteiger partial charge is 0.00268 e. The van der Waals surface area contributed by atoms with E-state index in [1.807, 2.05) is 0 Å². The summed E-state index contributed by atoms with van der Waals surface area (Å²) in [7, 11) is 0. The first kappa shape index (κ1) is 13.1. The summed E-state index contributed by atoms with van der Waals surface area (Å²) < 4.78 is 0. The predicted octanol–water partition coefficient (Wildman–Crippen LogP) is 3.86. The summed E-state index contributed by atoms with van der Waals surface area (Å²) in [5.74, 6) is 0.638. The highest BCUT2D eigenvalue weighted by atomic mass is 14.9. The summed E-state index contributed by atoms with van der Waals surface area (Å²) in [6.07, 6.45) is 3.80. The van der Waals surface area contributed by atoms with Crippen LogP contribution in [-0.4, -0.2) is 13.1 Å². The summed E-state index contributed by atoms with van der Waals surface area (Å²) >= 11 is 0. The van der Waals surface area contributed by atoms with Crippen molar-refractivity contribution in [2.75, 3.05) is 13.1 Å². The van der Waals surface area contributed by atoms with Crippen LogP contribution >= 0.6 is 0 Å². The summed E-state index contributed by atoms with van der Waals surface area (Å²) in [4.78, 5) is 0. The Labute approximate surface area is 127 Å². The number of hydrogen-bond donors (Lipinski definition) is 1. The van der Waals surface area contributed by atoms with Gasteiger partial charge in [0.15, 0.2) is 0 Å². The molecular weight excluding hydrogens is 254 g/mol. The van der Waals surface area contributed by atoms with Gasteiger partial charge in [-0.3, -0.25) is 0 Å². The molecule has 0 bridgehead atoms. The number of aryl methyl sites for hydroxylation is 1. The van der Waals surface area contributed by atoms with Gasteiger partial charge in [-0.15, -0.1) is 0 Å². The fraction of sp³-hybridized carbons (Fsp3) is 0.400. The Hall–Kier alpha value is -1.60. The largest absolute Gasteiger partial charge is 0.316 e. The van der Waals surface area contributed by atoms with E-state index in [1.165, 1.54) is 30.4 Å². The molecule has 1 fully saturated rings. The second-order valence-corrected chi connectivity index (χ2v) is 6.90. The maximum Gasteiger partial charge on any atom is 0.00268 e. The average molecular weight is 277 g/mol. The molecule has 0 amide bonds. The molecule has 0 saturated carbocycles. The lowest BCUT2D eigenvalue weighted by atomic mass is 9.66. The molecule has 1 N–H and O–H groups in total. The number of rotatable bonds is 1. The van der Waals surface area contributed by atoms with Crippen LogP contribution in [0.1, 0.15) is 34.6 Å². The molecule has 0 radical (unpaired) electrons. The van der Waals surface area contributed by atoms with E-state index in [-0.39, 0.29) is 0 Å². The molecule has 1 heterocycles. The minimum absolute atomic E-state index is 0.435. The minimum atomic E-state index is 0.435. The lowest BCUT2D eigenvalue weighted by Gasteiger charge is -2.42. The molecule has 21 heavy (non-hydrogen) atoms. The molecule has 1 unspecified atom stereocenters. The lowest BCUT2D eigenvalue weighted by Crippen LogP contribution is -2.44. The number of fused-ring (bicyclic) bond motifs is 1. The fourth-order valence-electron chi connectivity index (χ4n) is 4.39. The van der Waals surface area contributed by atoms with Crippen molar-refractivity contribution < 1.29 is 0 Å². The second kappa shape index (κ2) is 4.99. The van der Waals surface area contributed by atoms with Gasteiger partial charge in [-0.25, -0.2) is 0 Å². The van der Waals surface area contributed by atoms with Gasteiger partial charge in [0.1, 0.15) is 0 Å². The van der Waals surface area contributed by atoms with Crippen molar-refractivity contribution in [1.82, 2.24) is 5.32 Å². The molecule has 1 heteroatoms. The normalized spacial score (nSPS) is 23.2. The van der Waals surface area contributed by atoms with Gasteiger partial charge in [0.05, 0.1) is 0 Å². The summed E-state index contributed by atoms with van der Waals surface area (Å²) in [6, 6.07) is 18.3. The highest BCUT2D eigenvalue weighted by Gasteiger charge is 2.45. The van der Waals surface area contributed by atoms with E-state index in [0.717, 1.165) is 13.1 Å². The number of hydrogen-bond acceptors (Lipinski definition) is 1. The van der Waals surface area contributed by atoms with E-state index >= 15 is 0 Å². The van der Waals surface area contributed by atoms with Crippen LogP contribution in [0.3, 0.4) is 0 Å². The standard InChI is InChI=1S/C20H23N/c1-15-6-8-16(9-7-15)19-14-21-11-10-20(19)12-17-4-2-3-5-18(17)13-20/h2-9,19,21H,10-14H2,1H3. The Bertz CT molecular complexity index is 616. The summed E-state index contributed by atoms with van der Waals surface area (Å²) in [5, 5.41) is 3.63. The molecule has 108 valence electrons. The van der Waals surface area contributed by atoms with Crippen LogP contribution < -0.4 is 5.32 Å². The van der Waals surface area contributed by atoms with Crippen molar-refractivity contribution in [2.45, 2.75) is 32.1 Å². The molecule has 4 rings (SSSR count). The van der Waals surface area contributed by atoms with Crippen LogP contribution in [0.2, 0.25) is 0 Å². The molecule has 2 aliphatic rings. The highest BCUT2D eigenvalue weighted by molar-refractivity contribution is 5.38. The molecule has 2 aromatic rings. The summed E-state index contributed by atoms with van der Waals surface area (Å²) in [6.45, 7) is 4.46. The van der Waals surface area contributed by atoms with Crippen molar-refractivity contribution in [3.63, 3.8) is 0 Å². The van der Waals surface area contributed by atoms with E-state index in [0.29, 0.717) is 11.3 Å². The first-order valence-electron chi connectivity index (χ1n) is 8.11. The first-order chi connectivity index (χ1) is 10.3. The average Bonchev–Trinajstić information content (AvgIpc) is 2.87. The lowest BCUT2D eigenvalue weighted by molar-refractivity contribution is 0.175. The van der Waals surface area contributed by atoms with Crippen molar-refractivity contribution in [3.8, 4) is 0 Å². The van der Waals surface area contributed by atoms with Crippen LogP contribution in [0.4, 0.5) is 0 Å². The molecule has 2 aromatic carbocycles. The van der Waals surface area contributed by atoms with Crippen molar-refractivity contribution in [1.29, 1.82) is 0 Å². The monoisotopic (exact) mass is 277 g/mol. The number of piperidine rings is 1. The van der Waals surface area contributed by atoms with E-state index in [1.54, 1.807) is 11.1 Å².